The van der Waals surface area contributed by atoms with Crippen molar-refractivity contribution in [1.82, 2.24) is 24.6 Å². The third-order valence-corrected chi connectivity index (χ3v) is 10.6. The predicted octanol–water partition coefficient (Wildman–Crippen LogP) is 6.48. The molecular formula is C44H45ClCsFN6O4. The molecule has 9 rings (SSSR count). The molecule has 3 aliphatic rings. The van der Waals surface area contributed by atoms with Gasteiger partial charge in [0.05, 0.1) is 47.0 Å². The molecule has 10 nitrogen and oxygen atoms in total. The van der Waals surface area contributed by atoms with E-state index in [1.165, 1.54) is 11.6 Å². The number of benzene rings is 4. The van der Waals surface area contributed by atoms with E-state index in [1.807, 2.05) is 49.4 Å². The van der Waals surface area contributed by atoms with Crippen molar-refractivity contribution in [2.75, 3.05) is 25.0 Å². The van der Waals surface area contributed by atoms with Gasteiger partial charge in [0.25, 0.3) is 5.79 Å². The standard InChI is InChI=1S/C32H30ClFN4O4.C11H12N2.CH3.Cs/c1-32(25-7-5-21(33)15-26(25)34)41-29-4-2-3-24(31(29)42-32)20-9-12-37(13-10-20)18-30-36-27-16-22(35-19-39)6-8-28(27)38(30)17-23-11-14-40-23;1-7(2)11-9-6-8(3)4-5-10(9)12-13-11;;/h2-9,15-16,19,23H,10-14,17-18H2,1H3,(H,35,39);4-6H,1H2,2-3H3,(H,12,13);1H3;/q;;-1;+1/t23-,32?;;;/m0.../s1. The molecule has 2 N–H and O–H groups in total. The summed E-state index contributed by atoms with van der Waals surface area (Å²) in [5.41, 5.74) is 9.29. The van der Waals surface area contributed by atoms with Crippen molar-refractivity contribution in [2.24, 2.45) is 0 Å². The van der Waals surface area contributed by atoms with Gasteiger partial charge in [-0.15, -0.1) is 0 Å². The minimum atomic E-state index is -1.29. The van der Waals surface area contributed by atoms with Crippen molar-refractivity contribution in [1.29, 1.82) is 0 Å². The number of aryl methyl sites for hydroxylation is 1. The summed E-state index contributed by atoms with van der Waals surface area (Å²) in [6.07, 6.45) is 4.93. The van der Waals surface area contributed by atoms with Crippen LogP contribution in [-0.2, 0) is 28.4 Å². The van der Waals surface area contributed by atoms with Crippen LogP contribution in [0.2, 0.25) is 5.02 Å². The Bertz CT molecular complexity index is 2480. The number of allylic oxidation sites excluding steroid dienone is 1. The number of aromatic nitrogens is 4. The zero-order chi connectivity index (χ0) is 38.3. The number of hydrogen-bond acceptors (Lipinski definition) is 7. The normalized spacial score (nSPS) is 18.4. The number of rotatable bonds is 9. The molecule has 13 heteroatoms. The van der Waals surface area contributed by atoms with Gasteiger partial charge in [-0.3, -0.25) is 14.8 Å². The molecule has 57 heavy (non-hydrogen) atoms. The number of amides is 1. The SMILES string of the molecule is C=C(C)c1n[nH]c2ccc(C)cc12.CC1(c2ccc(Cl)cc2F)Oc2cccc(C3=CCN(Cc4nc5cc(NC=O)ccc5n4C[C@@H]4CCO4)CC3)c2O1.[CH3-].[Cs+]. The van der Waals surface area contributed by atoms with E-state index >= 15 is 0 Å². The van der Waals surface area contributed by atoms with Crippen LogP contribution in [0.5, 0.6) is 11.5 Å². The van der Waals surface area contributed by atoms with Crippen LogP contribution in [0.3, 0.4) is 0 Å². The van der Waals surface area contributed by atoms with Gasteiger partial charge in [-0.05, 0) is 92.4 Å². The topological polar surface area (TPSA) is 107 Å². The van der Waals surface area contributed by atoms with Crippen LogP contribution in [0.4, 0.5) is 10.1 Å². The van der Waals surface area contributed by atoms with Crippen LogP contribution < -0.4 is 83.7 Å². The van der Waals surface area contributed by atoms with Gasteiger partial charge in [0.1, 0.15) is 11.6 Å². The quantitative estimate of drug-likeness (QED) is 0.127. The van der Waals surface area contributed by atoms with E-state index in [4.69, 9.17) is 30.8 Å². The summed E-state index contributed by atoms with van der Waals surface area (Å²) < 4.78 is 35.3. The monoisotopic (exact) mass is 908 g/mol. The number of para-hydroxylation sites is 1. The molecule has 1 amide bonds. The Kier molecular flexibility index (Phi) is 13.8. The smallest absolute Gasteiger partial charge is 0.444 e. The zero-order valence-corrected chi connectivity index (χ0v) is 40.0. The maximum Gasteiger partial charge on any atom is 1.00 e. The number of H-pyrrole nitrogens is 1. The molecular weight excluding hydrogens is 864 g/mol. The third-order valence-electron chi connectivity index (χ3n) is 10.4. The number of carbonyl (C=O) groups excluding carboxylic acids is 1. The third kappa shape index (κ3) is 9.09. The molecule has 0 aliphatic carbocycles. The van der Waals surface area contributed by atoms with Gasteiger partial charge in [0, 0.05) is 48.3 Å². The van der Waals surface area contributed by atoms with Gasteiger partial charge in [-0.25, -0.2) is 9.37 Å². The summed E-state index contributed by atoms with van der Waals surface area (Å²) in [6.45, 7) is 13.5. The Morgan fingerprint density at radius 1 is 1.14 bits per heavy atom. The largest absolute Gasteiger partial charge is 1.00 e. The molecule has 1 unspecified atom stereocenters. The number of carbonyl (C=O) groups is 1. The van der Waals surface area contributed by atoms with Crippen LogP contribution in [0.15, 0.2) is 85.5 Å². The Morgan fingerprint density at radius 2 is 1.96 bits per heavy atom. The van der Waals surface area contributed by atoms with Gasteiger partial charge in [-0.1, -0.05) is 48.0 Å². The van der Waals surface area contributed by atoms with E-state index in [-0.39, 0.29) is 82.4 Å². The van der Waals surface area contributed by atoms with E-state index < -0.39 is 11.6 Å². The molecule has 0 bridgehead atoms. The summed E-state index contributed by atoms with van der Waals surface area (Å²) in [7, 11) is 0. The van der Waals surface area contributed by atoms with E-state index in [0.29, 0.717) is 35.0 Å². The average molecular weight is 909 g/mol. The fourth-order valence-corrected chi connectivity index (χ4v) is 7.55. The molecule has 4 aromatic carbocycles. The number of halogens is 2. The second-order valence-corrected chi connectivity index (χ2v) is 14.8. The van der Waals surface area contributed by atoms with Crippen LogP contribution >= 0.6 is 11.6 Å². The van der Waals surface area contributed by atoms with Crippen LogP contribution in [-0.4, -0.2) is 56.9 Å². The molecule has 290 valence electrons. The fourth-order valence-electron chi connectivity index (χ4n) is 7.39. The first-order valence-corrected chi connectivity index (χ1v) is 18.8. The maximum absolute atomic E-state index is 14.8. The molecule has 2 aromatic heterocycles. The van der Waals surface area contributed by atoms with Gasteiger partial charge in [-0.2, -0.15) is 5.10 Å². The number of hydrogen-bond donors (Lipinski definition) is 2. The Hall–Kier alpha value is -3.44. The van der Waals surface area contributed by atoms with Crippen LogP contribution in [0.25, 0.3) is 33.1 Å². The first kappa shape index (κ1) is 43.1. The Labute approximate surface area is 396 Å². The number of imidazole rings is 1. The van der Waals surface area contributed by atoms with Crippen molar-refractivity contribution < 1.29 is 92.3 Å². The van der Waals surface area contributed by atoms with Crippen molar-refractivity contribution in [3.63, 3.8) is 0 Å². The summed E-state index contributed by atoms with van der Waals surface area (Å²) in [5.74, 6) is 0.412. The Balaban J connectivity index is 0.000000312. The van der Waals surface area contributed by atoms with Gasteiger partial charge in [0.15, 0.2) is 11.5 Å². The average Bonchev–Trinajstić information content (AvgIpc) is 3.83. The molecule has 3 aliphatic heterocycles. The van der Waals surface area contributed by atoms with E-state index in [0.717, 1.165) is 94.9 Å². The van der Waals surface area contributed by atoms with Crippen LogP contribution in [0.1, 0.15) is 54.9 Å². The second-order valence-electron chi connectivity index (χ2n) is 14.4. The number of fused-ring (bicyclic) bond motifs is 3. The fraction of sp³-hybridized carbons (Fsp3) is 0.273. The van der Waals surface area contributed by atoms with E-state index in [2.05, 4.69) is 56.7 Å². The van der Waals surface area contributed by atoms with E-state index in [9.17, 15) is 9.18 Å². The van der Waals surface area contributed by atoms with Crippen molar-refractivity contribution in [2.45, 2.75) is 58.6 Å². The summed E-state index contributed by atoms with van der Waals surface area (Å²) >= 11 is 5.97. The molecule has 6 aromatic rings. The minimum Gasteiger partial charge on any atom is -0.444 e. The molecule has 1 fully saturated rings. The molecule has 2 atom stereocenters. The molecule has 0 saturated carbocycles. The predicted molar refractivity (Wildman–Crippen MR) is 220 cm³/mol. The first-order chi connectivity index (χ1) is 26.6. The molecule has 0 spiro atoms. The van der Waals surface area contributed by atoms with Gasteiger partial charge < -0.3 is 31.5 Å². The number of aromatic amines is 1. The van der Waals surface area contributed by atoms with Gasteiger partial charge in [0.2, 0.25) is 6.41 Å². The van der Waals surface area contributed by atoms with Crippen LogP contribution in [0, 0.1) is 20.2 Å². The number of nitrogens with one attached hydrogen (secondary N) is 2. The first-order valence-electron chi connectivity index (χ1n) is 18.4. The number of anilines is 1. The van der Waals surface area contributed by atoms with E-state index in [1.54, 1.807) is 19.1 Å². The molecule has 0 radical (unpaired) electrons. The molecule has 5 heterocycles. The molecule has 1 saturated heterocycles. The van der Waals surface area contributed by atoms with Crippen molar-refractivity contribution in [3.8, 4) is 11.5 Å². The summed E-state index contributed by atoms with van der Waals surface area (Å²) in [6, 6.07) is 22.4. The maximum atomic E-state index is 14.8. The van der Waals surface area contributed by atoms with Gasteiger partial charge >= 0.3 is 68.9 Å². The zero-order valence-electron chi connectivity index (χ0n) is 33.0. The summed E-state index contributed by atoms with van der Waals surface area (Å²) in [5, 5.41) is 11.4. The number of ether oxygens (including phenoxy) is 3. The number of nitrogens with zero attached hydrogens (tertiary/aromatic N) is 4. The summed E-state index contributed by atoms with van der Waals surface area (Å²) in [4.78, 5) is 18.3. The second kappa shape index (κ2) is 18.2. The van der Waals surface area contributed by atoms with Crippen molar-refractivity contribution in [3.05, 3.63) is 132 Å². The minimum absolute atomic E-state index is 0. The Morgan fingerprint density at radius 3 is 2.67 bits per heavy atom. The van der Waals surface area contributed by atoms with Crippen molar-refractivity contribution >= 4 is 56.8 Å².